The second-order valence-electron chi connectivity index (χ2n) is 8.77. The third-order valence-corrected chi connectivity index (χ3v) is 8.01. The van der Waals surface area contributed by atoms with E-state index in [0.29, 0.717) is 12.0 Å². The van der Waals surface area contributed by atoms with Crippen LogP contribution in [0.5, 0.6) is 0 Å². The third kappa shape index (κ3) is 3.41. The van der Waals surface area contributed by atoms with E-state index < -0.39 is 0 Å². The van der Waals surface area contributed by atoms with Crippen LogP contribution in [0.15, 0.2) is 41.8 Å². The van der Waals surface area contributed by atoms with Gasteiger partial charge >= 0.3 is 0 Å². The molecule has 3 heterocycles. The lowest BCUT2D eigenvalue weighted by molar-refractivity contribution is 0.117. The van der Waals surface area contributed by atoms with Crippen molar-refractivity contribution in [3.05, 3.63) is 68.4 Å². The lowest BCUT2D eigenvalue weighted by Gasteiger charge is -2.35. The SMILES string of the molecule is S=c1n(CN2CCc3sccc3[C@@H]2C2CC2)nc(C2CC2)n1Cc1ccccc1. The minimum Gasteiger partial charge on any atom is -0.299 e. The second kappa shape index (κ2) is 7.18. The van der Waals surface area contributed by atoms with E-state index in [0.717, 1.165) is 36.9 Å². The molecule has 2 saturated carbocycles. The van der Waals surface area contributed by atoms with E-state index in [1.807, 2.05) is 11.3 Å². The summed E-state index contributed by atoms with van der Waals surface area (Å²) < 4.78 is 5.27. The standard InChI is InChI=1S/C23H26N4S2/c28-23-26(14-16-4-2-1-3-5-16)22(18-8-9-18)24-27(23)15-25-12-10-20-19(11-13-29-20)21(25)17-6-7-17/h1-5,11,13,17-18,21H,6-10,12,14-15H2/t21-/m0/s1. The van der Waals surface area contributed by atoms with E-state index in [4.69, 9.17) is 17.3 Å². The summed E-state index contributed by atoms with van der Waals surface area (Å²) in [6.07, 6.45) is 6.36. The first kappa shape index (κ1) is 18.0. The molecule has 29 heavy (non-hydrogen) atoms. The Morgan fingerprint density at radius 3 is 2.66 bits per heavy atom. The number of fused-ring (bicyclic) bond motifs is 1. The van der Waals surface area contributed by atoms with Crippen molar-refractivity contribution in [2.75, 3.05) is 6.54 Å². The Balaban J connectivity index is 1.32. The minimum absolute atomic E-state index is 0.551. The molecule has 3 aromatic rings. The van der Waals surface area contributed by atoms with Gasteiger partial charge < -0.3 is 0 Å². The fourth-order valence-corrected chi connectivity index (χ4v) is 5.97. The summed E-state index contributed by atoms with van der Waals surface area (Å²) in [4.78, 5) is 4.23. The van der Waals surface area contributed by atoms with Gasteiger partial charge in [-0.1, -0.05) is 30.3 Å². The van der Waals surface area contributed by atoms with Crippen LogP contribution >= 0.6 is 23.6 Å². The summed E-state index contributed by atoms with van der Waals surface area (Å²) in [6, 6.07) is 13.6. The zero-order valence-corrected chi connectivity index (χ0v) is 18.2. The topological polar surface area (TPSA) is 26.0 Å². The van der Waals surface area contributed by atoms with Crippen LogP contribution in [0.4, 0.5) is 0 Å². The molecule has 1 aliphatic heterocycles. The van der Waals surface area contributed by atoms with E-state index in [2.05, 4.69) is 55.9 Å². The van der Waals surface area contributed by atoms with Crippen LogP contribution in [-0.2, 0) is 19.6 Å². The minimum atomic E-state index is 0.551. The van der Waals surface area contributed by atoms with Gasteiger partial charge in [0, 0.05) is 23.4 Å². The molecule has 3 aliphatic rings. The van der Waals surface area contributed by atoms with Crippen LogP contribution in [0.1, 0.15) is 59.5 Å². The normalized spacial score (nSPS) is 22.0. The molecule has 0 bridgehead atoms. The monoisotopic (exact) mass is 422 g/mol. The Hall–Kier alpha value is -1.76. The molecule has 150 valence electrons. The van der Waals surface area contributed by atoms with E-state index >= 15 is 0 Å². The summed E-state index contributed by atoms with van der Waals surface area (Å²) in [5.74, 6) is 2.59. The summed E-state index contributed by atoms with van der Waals surface area (Å²) >= 11 is 7.88. The molecule has 6 heteroatoms. The first-order chi connectivity index (χ1) is 14.3. The molecule has 6 rings (SSSR count). The van der Waals surface area contributed by atoms with Crippen molar-refractivity contribution in [1.29, 1.82) is 0 Å². The van der Waals surface area contributed by atoms with Crippen LogP contribution < -0.4 is 0 Å². The number of benzene rings is 1. The number of hydrogen-bond acceptors (Lipinski definition) is 4. The second-order valence-corrected chi connectivity index (χ2v) is 10.1. The van der Waals surface area contributed by atoms with Gasteiger partial charge in [-0.25, -0.2) is 4.68 Å². The van der Waals surface area contributed by atoms with Gasteiger partial charge in [0.15, 0.2) is 4.77 Å². The van der Waals surface area contributed by atoms with Gasteiger partial charge in [0.2, 0.25) is 0 Å². The Morgan fingerprint density at radius 2 is 1.90 bits per heavy atom. The van der Waals surface area contributed by atoms with E-state index in [-0.39, 0.29) is 0 Å². The maximum atomic E-state index is 5.95. The lowest BCUT2D eigenvalue weighted by atomic mass is 9.96. The highest BCUT2D eigenvalue weighted by molar-refractivity contribution is 7.71. The van der Waals surface area contributed by atoms with Crippen molar-refractivity contribution >= 4 is 23.6 Å². The molecule has 2 aromatic heterocycles. The number of thiophene rings is 1. The molecule has 2 aliphatic carbocycles. The maximum Gasteiger partial charge on any atom is 0.199 e. The van der Waals surface area contributed by atoms with E-state index in [9.17, 15) is 0 Å². The quantitative estimate of drug-likeness (QED) is 0.500. The molecular weight excluding hydrogens is 396 g/mol. The van der Waals surface area contributed by atoms with E-state index in [1.165, 1.54) is 37.1 Å². The van der Waals surface area contributed by atoms with Crippen LogP contribution in [0, 0.1) is 10.7 Å². The van der Waals surface area contributed by atoms with Crippen molar-refractivity contribution < 1.29 is 0 Å². The number of nitrogens with zero attached hydrogens (tertiary/aromatic N) is 4. The van der Waals surface area contributed by atoms with Crippen LogP contribution in [-0.4, -0.2) is 25.8 Å². The Labute approximate surface area is 180 Å². The molecule has 0 unspecified atom stereocenters. The van der Waals surface area contributed by atoms with Gasteiger partial charge in [-0.15, -0.1) is 11.3 Å². The fourth-order valence-electron chi connectivity index (χ4n) is 4.80. The van der Waals surface area contributed by atoms with Gasteiger partial charge in [0.1, 0.15) is 5.82 Å². The molecule has 0 N–H and O–H groups in total. The van der Waals surface area contributed by atoms with Crippen molar-refractivity contribution in [2.24, 2.45) is 5.92 Å². The average molecular weight is 423 g/mol. The van der Waals surface area contributed by atoms with Crippen molar-refractivity contribution in [2.45, 2.75) is 57.3 Å². The van der Waals surface area contributed by atoms with Crippen molar-refractivity contribution in [3.63, 3.8) is 0 Å². The maximum absolute atomic E-state index is 5.95. The molecule has 2 fully saturated rings. The lowest BCUT2D eigenvalue weighted by Crippen LogP contribution is -2.37. The number of aromatic nitrogens is 3. The Morgan fingerprint density at radius 1 is 1.07 bits per heavy atom. The van der Waals surface area contributed by atoms with Gasteiger partial charge in [-0.3, -0.25) is 9.47 Å². The largest absolute Gasteiger partial charge is 0.299 e. The highest BCUT2D eigenvalue weighted by atomic mass is 32.1. The van der Waals surface area contributed by atoms with Crippen molar-refractivity contribution in [3.8, 4) is 0 Å². The molecule has 0 radical (unpaired) electrons. The predicted octanol–water partition coefficient (Wildman–Crippen LogP) is 5.37. The molecule has 0 spiro atoms. The first-order valence-electron chi connectivity index (χ1n) is 10.8. The Kier molecular flexibility index (Phi) is 4.47. The summed E-state index contributed by atoms with van der Waals surface area (Å²) in [5.41, 5.74) is 2.86. The highest BCUT2D eigenvalue weighted by Crippen LogP contribution is 2.48. The van der Waals surface area contributed by atoms with Gasteiger partial charge in [-0.2, -0.15) is 5.10 Å². The predicted molar refractivity (Wildman–Crippen MR) is 119 cm³/mol. The molecule has 1 aromatic carbocycles. The van der Waals surface area contributed by atoms with Gasteiger partial charge in [0.25, 0.3) is 0 Å². The smallest absolute Gasteiger partial charge is 0.199 e. The molecule has 0 amide bonds. The van der Waals surface area contributed by atoms with Crippen molar-refractivity contribution in [1.82, 2.24) is 19.2 Å². The summed E-state index contributed by atoms with van der Waals surface area (Å²) in [5, 5.41) is 7.33. The molecular formula is C23H26N4S2. The third-order valence-electron chi connectivity index (χ3n) is 6.58. The molecule has 4 nitrogen and oxygen atoms in total. The Bertz CT molecular complexity index is 1070. The van der Waals surface area contributed by atoms with Crippen LogP contribution in [0.2, 0.25) is 0 Å². The number of hydrogen-bond donors (Lipinski definition) is 0. The fraction of sp³-hybridized carbons (Fsp3) is 0.478. The van der Waals surface area contributed by atoms with Crippen LogP contribution in [0.25, 0.3) is 0 Å². The molecule has 1 atom stereocenters. The molecule has 0 saturated heterocycles. The zero-order chi connectivity index (χ0) is 19.4. The van der Waals surface area contributed by atoms with E-state index in [1.54, 1.807) is 10.4 Å². The summed E-state index contributed by atoms with van der Waals surface area (Å²) in [7, 11) is 0. The van der Waals surface area contributed by atoms with Crippen LogP contribution in [0.3, 0.4) is 0 Å². The zero-order valence-electron chi connectivity index (χ0n) is 16.5. The van der Waals surface area contributed by atoms with Gasteiger partial charge in [-0.05, 0) is 72.8 Å². The van der Waals surface area contributed by atoms with Gasteiger partial charge in [0.05, 0.1) is 13.2 Å². The number of rotatable bonds is 6. The highest BCUT2D eigenvalue weighted by Gasteiger charge is 2.40. The first-order valence-corrected chi connectivity index (χ1v) is 12.1. The summed E-state index contributed by atoms with van der Waals surface area (Å²) in [6.45, 7) is 2.75. The average Bonchev–Trinajstić information content (AvgIpc) is 3.67.